The van der Waals surface area contributed by atoms with Crippen LogP contribution in [0.4, 0.5) is 0 Å². The zero-order valence-corrected chi connectivity index (χ0v) is 10.5. The highest BCUT2D eigenvalue weighted by molar-refractivity contribution is 5.96. The summed E-state index contributed by atoms with van der Waals surface area (Å²) in [6.45, 7) is 2.29. The lowest BCUT2D eigenvalue weighted by Crippen LogP contribution is -2.36. The van der Waals surface area contributed by atoms with Gasteiger partial charge in [0.05, 0.1) is 7.11 Å². The second-order valence-electron chi connectivity index (χ2n) is 3.85. The lowest BCUT2D eigenvalue weighted by atomic mass is 10.2. The maximum absolute atomic E-state index is 12.1. The number of phenolic OH excluding ortho intramolecular Hbond substituents is 1. The van der Waals surface area contributed by atoms with E-state index in [1.165, 1.54) is 24.1 Å². The fourth-order valence-electron chi connectivity index (χ4n) is 1.56. The molecule has 0 spiro atoms. The predicted molar refractivity (Wildman–Crippen MR) is 66.3 cm³/mol. The second kappa shape index (κ2) is 6.64. The maximum atomic E-state index is 12.1. The number of carbonyl (C=O) groups excluding carboxylic acids is 2. The van der Waals surface area contributed by atoms with Crippen molar-refractivity contribution in [3.8, 4) is 5.75 Å². The van der Waals surface area contributed by atoms with Crippen LogP contribution in [0.15, 0.2) is 24.3 Å². The third kappa shape index (κ3) is 3.76. The number of ether oxygens (including phenoxy) is 1. The molecule has 1 N–H and O–H groups in total. The summed E-state index contributed by atoms with van der Waals surface area (Å²) >= 11 is 0. The van der Waals surface area contributed by atoms with Crippen LogP contribution in [0.2, 0.25) is 0 Å². The highest BCUT2D eigenvalue weighted by Crippen LogP contribution is 2.13. The fourth-order valence-corrected chi connectivity index (χ4v) is 1.56. The number of hydrogen-bond acceptors (Lipinski definition) is 4. The van der Waals surface area contributed by atoms with Crippen molar-refractivity contribution in [2.75, 3.05) is 20.2 Å². The van der Waals surface area contributed by atoms with E-state index in [-0.39, 0.29) is 18.2 Å². The maximum Gasteiger partial charge on any atom is 0.325 e. The van der Waals surface area contributed by atoms with E-state index in [1.807, 2.05) is 6.92 Å². The minimum atomic E-state index is -0.461. The first-order chi connectivity index (χ1) is 8.58. The molecule has 1 amide bonds. The quantitative estimate of drug-likeness (QED) is 0.804. The third-order valence-electron chi connectivity index (χ3n) is 2.42. The number of carbonyl (C=O) groups is 2. The summed E-state index contributed by atoms with van der Waals surface area (Å²) in [5, 5.41) is 9.34. The molecule has 0 unspecified atom stereocenters. The van der Waals surface area contributed by atoms with E-state index in [0.29, 0.717) is 12.1 Å². The van der Waals surface area contributed by atoms with Crippen LogP contribution in [-0.2, 0) is 9.53 Å². The van der Waals surface area contributed by atoms with Gasteiger partial charge in [-0.2, -0.15) is 0 Å². The van der Waals surface area contributed by atoms with E-state index in [1.54, 1.807) is 12.1 Å². The standard InChI is InChI=1S/C13H17NO4/c1-3-7-14(9-12(16)18-2)13(17)10-5-4-6-11(15)8-10/h4-6,8,15H,3,7,9H2,1-2H3. The van der Waals surface area contributed by atoms with E-state index in [2.05, 4.69) is 4.74 Å². The molecule has 0 atom stereocenters. The Kier molecular flexibility index (Phi) is 5.17. The average Bonchev–Trinajstić information content (AvgIpc) is 2.37. The molecule has 0 aromatic heterocycles. The summed E-state index contributed by atoms with van der Waals surface area (Å²) in [4.78, 5) is 24.8. The predicted octanol–water partition coefficient (Wildman–Crippen LogP) is 1.42. The summed E-state index contributed by atoms with van der Waals surface area (Å²) in [6, 6.07) is 6.05. The van der Waals surface area contributed by atoms with E-state index in [4.69, 9.17) is 0 Å². The Balaban J connectivity index is 2.85. The molecule has 1 aromatic carbocycles. The first-order valence-electron chi connectivity index (χ1n) is 5.73. The summed E-state index contributed by atoms with van der Waals surface area (Å²) in [5.41, 5.74) is 0.354. The number of esters is 1. The van der Waals surface area contributed by atoms with Gasteiger partial charge in [0, 0.05) is 12.1 Å². The highest BCUT2D eigenvalue weighted by atomic mass is 16.5. The molecule has 0 saturated heterocycles. The van der Waals surface area contributed by atoms with E-state index >= 15 is 0 Å². The molecule has 0 heterocycles. The topological polar surface area (TPSA) is 66.8 Å². The summed E-state index contributed by atoms with van der Waals surface area (Å²) in [6.07, 6.45) is 0.738. The summed E-state index contributed by atoms with van der Waals surface area (Å²) in [5.74, 6) is -0.731. The Labute approximate surface area is 106 Å². The van der Waals surface area contributed by atoms with Crippen molar-refractivity contribution < 1.29 is 19.4 Å². The van der Waals surface area contributed by atoms with Crippen LogP contribution in [0.5, 0.6) is 5.75 Å². The monoisotopic (exact) mass is 251 g/mol. The third-order valence-corrected chi connectivity index (χ3v) is 2.42. The van der Waals surface area contributed by atoms with Crippen molar-refractivity contribution in [1.29, 1.82) is 0 Å². The highest BCUT2D eigenvalue weighted by Gasteiger charge is 2.18. The van der Waals surface area contributed by atoms with Gasteiger partial charge in [-0.25, -0.2) is 0 Å². The van der Waals surface area contributed by atoms with Crippen molar-refractivity contribution in [1.82, 2.24) is 4.90 Å². The fraction of sp³-hybridized carbons (Fsp3) is 0.385. The zero-order valence-electron chi connectivity index (χ0n) is 10.5. The zero-order chi connectivity index (χ0) is 13.5. The van der Waals surface area contributed by atoms with E-state index in [0.717, 1.165) is 6.42 Å². The number of amides is 1. The molecule has 0 bridgehead atoms. The summed E-state index contributed by atoms with van der Waals surface area (Å²) < 4.78 is 4.55. The minimum Gasteiger partial charge on any atom is -0.508 e. The average molecular weight is 251 g/mol. The SMILES string of the molecule is CCCN(CC(=O)OC)C(=O)c1cccc(O)c1. The van der Waals surface area contributed by atoms with Crippen molar-refractivity contribution in [3.63, 3.8) is 0 Å². The van der Waals surface area contributed by atoms with Gasteiger partial charge in [-0.1, -0.05) is 13.0 Å². The van der Waals surface area contributed by atoms with Crippen LogP contribution in [0.1, 0.15) is 23.7 Å². The number of methoxy groups -OCH3 is 1. The van der Waals surface area contributed by atoms with Gasteiger partial charge in [-0.3, -0.25) is 9.59 Å². The van der Waals surface area contributed by atoms with Gasteiger partial charge in [0.15, 0.2) is 0 Å². The summed E-state index contributed by atoms with van der Waals surface area (Å²) in [7, 11) is 1.28. The molecule has 5 heteroatoms. The van der Waals surface area contributed by atoms with Crippen molar-refractivity contribution in [2.24, 2.45) is 0 Å². The lowest BCUT2D eigenvalue weighted by Gasteiger charge is -2.20. The molecule has 0 aliphatic carbocycles. The van der Waals surface area contributed by atoms with Crippen molar-refractivity contribution >= 4 is 11.9 Å². The number of nitrogens with zero attached hydrogens (tertiary/aromatic N) is 1. The van der Waals surface area contributed by atoms with Crippen LogP contribution in [0, 0.1) is 0 Å². The molecule has 18 heavy (non-hydrogen) atoms. The van der Waals surface area contributed by atoms with Crippen LogP contribution in [0.25, 0.3) is 0 Å². The number of aromatic hydroxyl groups is 1. The van der Waals surface area contributed by atoms with Crippen LogP contribution >= 0.6 is 0 Å². The van der Waals surface area contributed by atoms with Gasteiger partial charge in [-0.15, -0.1) is 0 Å². The molecular formula is C13H17NO4. The molecule has 0 fully saturated rings. The normalized spacial score (nSPS) is 9.89. The van der Waals surface area contributed by atoms with Gasteiger partial charge >= 0.3 is 5.97 Å². The molecule has 98 valence electrons. The molecule has 1 rings (SSSR count). The molecule has 0 radical (unpaired) electrons. The first kappa shape index (κ1) is 14.0. The number of rotatable bonds is 5. The van der Waals surface area contributed by atoms with Crippen molar-refractivity contribution in [2.45, 2.75) is 13.3 Å². The van der Waals surface area contributed by atoms with Gasteiger partial charge in [0.25, 0.3) is 5.91 Å². The molecule has 0 saturated carbocycles. The number of benzene rings is 1. The lowest BCUT2D eigenvalue weighted by molar-refractivity contribution is -0.141. The van der Waals surface area contributed by atoms with Gasteiger partial charge < -0.3 is 14.7 Å². The van der Waals surface area contributed by atoms with Crippen LogP contribution in [-0.4, -0.2) is 42.1 Å². The first-order valence-corrected chi connectivity index (χ1v) is 5.73. The Hall–Kier alpha value is -2.04. The van der Waals surface area contributed by atoms with E-state index < -0.39 is 5.97 Å². The molecule has 0 aliphatic rings. The Morgan fingerprint density at radius 1 is 1.39 bits per heavy atom. The largest absolute Gasteiger partial charge is 0.508 e. The van der Waals surface area contributed by atoms with Crippen molar-refractivity contribution in [3.05, 3.63) is 29.8 Å². The Bertz CT molecular complexity index is 431. The molecule has 5 nitrogen and oxygen atoms in total. The molecule has 0 aliphatic heterocycles. The Morgan fingerprint density at radius 2 is 2.11 bits per heavy atom. The molecular weight excluding hydrogens is 234 g/mol. The van der Waals surface area contributed by atoms with Crippen LogP contribution in [0.3, 0.4) is 0 Å². The number of hydrogen-bond donors (Lipinski definition) is 1. The smallest absolute Gasteiger partial charge is 0.325 e. The Morgan fingerprint density at radius 3 is 2.67 bits per heavy atom. The van der Waals surface area contributed by atoms with Gasteiger partial charge in [-0.05, 0) is 24.6 Å². The molecule has 1 aromatic rings. The second-order valence-corrected chi connectivity index (χ2v) is 3.85. The van der Waals surface area contributed by atoms with Gasteiger partial charge in [0.1, 0.15) is 12.3 Å². The minimum absolute atomic E-state index is 0.0235. The number of phenols is 1. The van der Waals surface area contributed by atoms with E-state index in [9.17, 15) is 14.7 Å². The van der Waals surface area contributed by atoms with Crippen LogP contribution < -0.4 is 0 Å². The van der Waals surface area contributed by atoms with Gasteiger partial charge in [0.2, 0.25) is 0 Å².